The number of rotatable bonds is 8. The molecule has 1 aliphatic rings. The van der Waals surface area contributed by atoms with Gasteiger partial charge in [0.25, 0.3) is 0 Å². The van der Waals surface area contributed by atoms with Gasteiger partial charge in [0.15, 0.2) is 0 Å². The van der Waals surface area contributed by atoms with E-state index in [1.54, 1.807) is 14.2 Å². The van der Waals surface area contributed by atoms with Crippen LogP contribution in [-0.4, -0.2) is 20.8 Å². The van der Waals surface area contributed by atoms with Crippen molar-refractivity contribution in [3.05, 3.63) is 29.3 Å². The summed E-state index contributed by atoms with van der Waals surface area (Å²) >= 11 is 0. The van der Waals surface area contributed by atoms with Crippen molar-refractivity contribution in [2.24, 2.45) is 5.92 Å². The maximum absolute atomic E-state index is 5.38. The van der Waals surface area contributed by atoms with E-state index < -0.39 is 0 Å². The van der Waals surface area contributed by atoms with Crippen LogP contribution in [0.15, 0.2) is 18.2 Å². The molecule has 0 bridgehead atoms. The molecule has 1 aromatic rings. The van der Waals surface area contributed by atoms with Gasteiger partial charge in [-0.2, -0.15) is 0 Å². The largest absolute Gasteiger partial charge is 0.496 e. The van der Waals surface area contributed by atoms with Crippen LogP contribution in [0.3, 0.4) is 0 Å². The average Bonchev–Trinajstić information content (AvgIpc) is 3.00. The molecule has 2 rings (SSSR count). The predicted octanol–water partition coefficient (Wildman–Crippen LogP) is 4.07. The summed E-state index contributed by atoms with van der Waals surface area (Å²) < 4.78 is 10.6. The topological polar surface area (TPSA) is 30.5 Å². The fourth-order valence-electron chi connectivity index (χ4n) is 3.26. The van der Waals surface area contributed by atoms with E-state index in [2.05, 4.69) is 24.4 Å². The lowest BCUT2D eigenvalue weighted by Crippen LogP contribution is -2.21. The molecule has 0 saturated heterocycles. The summed E-state index contributed by atoms with van der Waals surface area (Å²) in [6.45, 7) is 3.93. The molecule has 118 valence electrons. The summed E-state index contributed by atoms with van der Waals surface area (Å²) in [5.74, 6) is 1.85. The first-order valence-electron chi connectivity index (χ1n) is 8.13. The highest BCUT2D eigenvalue weighted by atomic mass is 16.5. The summed E-state index contributed by atoms with van der Waals surface area (Å²) in [6, 6.07) is 6.74. The Labute approximate surface area is 129 Å². The molecule has 1 atom stereocenters. The highest BCUT2D eigenvalue weighted by molar-refractivity contribution is 5.38. The van der Waals surface area contributed by atoms with Crippen molar-refractivity contribution >= 4 is 0 Å². The minimum atomic E-state index is 0.368. The number of benzene rings is 1. The van der Waals surface area contributed by atoms with Gasteiger partial charge in [0.2, 0.25) is 0 Å². The molecule has 0 aliphatic heterocycles. The van der Waals surface area contributed by atoms with Crippen LogP contribution in [0.25, 0.3) is 0 Å². The van der Waals surface area contributed by atoms with E-state index in [9.17, 15) is 0 Å². The summed E-state index contributed by atoms with van der Waals surface area (Å²) in [5.41, 5.74) is 2.41. The number of methoxy groups -OCH3 is 2. The van der Waals surface area contributed by atoms with Gasteiger partial charge in [-0.3, -0.25) is 0 Å². The summed E-state index contributed by atoms with van der Waals surface area (Å²) in [7, 11) is 3.42. The standard InChI is InChI=1S/C18H29NO2/c1-14(19-11-10-15-6-4-5-7-15)16-8-9-18(21-3)17(12-16)13-20-2/h8-9,12,14-15,19H,4-7,10-11,13H2,1-3H3. The Kier molecular flexibility index (Phi) is 6.52. The molecule has 0 radical (unpaired) electrons. The zero-order valence-electron chi connectivity index (χ0n) is 13.7. The van der Waals surface area contributed by atoms with E-state index in [4.69, 9.17) is 9.47 Å². The Morgan fingerprint density at radius 2 is 2.00 bits per heavy atom. The number of ether oxygens (including phenoxy) is 2. The predicted molar refractivity (Wildman–Crippen MR) is 86.7 cm³/mol. The van der Waals surface area contributed by atoms with Gasteiger partial charge in [-0.15, -0.1) is 0 Å². The minimum Gasteiger partial charge on any atom is -0.496 e. The van der Waals surface area contributed by atoms with E-state index in [0.29, 0.717) is 12.6 Å². The number of nitrogens with one attached hydrogen (secondary N) is 1. The highest BCUT2D eigenvalue weighted by Gasteiger charge is 2.15. The van der Waals surface area contributed by atoms with E-state index >= 15 is 0 Å². The Balaban J connectivity index is 1.88. The third-order valence-electron chi connectivity index (χ3n) is 4.58. The van der Waals surface area contributed by atoms with E-state index in [0.717, 1.165) is 23.8 Å². The smallest absolute Gasteiger partial charge is 0.124 e. The van der Waals surface area contributed by atoms with Gasteiger partial charge in [-0.1, -0.05) is 31.7 Å². The zero-order chi connectivity index (χ0) is 15.1. The first-order chi connectivity index (χ1) is 10.2. The van der Waals surface area contributed by atoms with Gasteiger partial charge in [-0.25, -0.2) is 0 Å². The molecule has 1 aliphatic carbocycles. The maximum atomic E-state index is 5.38. The van der Waals surface area contributed by atoms with Gasteiger partial charge in [-0.05, 0) is 43.5 Å². The number of hydrogen-bond donors (Lipinski definition) is 1. The van der Waals surface area contributed by atoms with Gasteiger partial charge >= 0.3 is 0 Å². The van der Waals surface area contributed by atoms with Crippen LogP contribution in [0.2, 0.25) is 0 Å². The zero-order valence-corrected chi connectivity index (χ0v) is 13.7. The fraction of sp³-hybridized carbons (Fsp3) is 0.667. The van der Waals surface area contributed by atoms with Gasteiger partial charge < -0.3 is 14.8 Å². The van der Waals surface area contributed by atoms with Crippen LogP contribution >= 0.6 is 0 Å². The van der Waals surface area contributed by atoms with Crippen molar-refractivity contribution in [1.82, 2.24) is 5.32 Å². The van der Waals surface area contributed by atoms with Crippen LogP contribution in [0.1, 0.15) is 56.2 Å². The molecule has 0 aromatic heterocycles. The molecule has 21 heavy (non-hydrogen) atoms. The molecular weight excluding hydrogens is 262 g/mol. The molecular formula is C18H29NO2. The Morgan fingerprint density at radius 3 is 2.67 bits per heavy atom. The lowest BCUT2D eigenvalue weighted by atomic mass is 10.0. The molecule has 1 saturated carbocycles. The van der Waals surface area contributed by atoms with Crippen LogP contribution in [-0.2, 0) is 11.3 Å². The molecule has 1 aromatic carbocycles. The van der Waals surface area contributed by atoms with Crippen molar-refractivity contribution in [1.29, 1.82) is 0 Å². The van der Waals surface area contributed by atoms with Crippen molar-refractivity contribution in [2.45, 2.75) is 51.7 Å². The average molecular weight is 291 g/mol. The summed E-state index contributed by atoms with van der Waals surface area (Å²) in [6.07, 6.45) is 7.02. The van der Waals surface area contributed by atoms with Crippen molar-refractivity contribution in [2.75, 3.05) is 20.8 Å². The van der Waals surface area contributed by atoms with E-state index in [1.807, 2.05) is 6.07 Å². The minimum absolute atomic E-state index is 0.368. The second-order valence-electron chi connectivity index (χ2n) is 6.12. The fourth-order valence-corrected chi connectivity index (χ4v) is 3.26. The second kappa shape index (κ2) is 8.40. The monoisotopic (exact) mass is 291 g/mol. The van der Waals surface area contributed by atoms with E-state index in [1.165, 1.54) is 37.7 Å². The lowest BCUT2D eigenvalue weighted by Gasteiger charge is -2.18. The van der Waals surface area contributed by atoms with E-state index in [-0.39, 0.29) is 0 Å². The third-order valence-corrected chi connectivity index (χ3v) is 4.58. The summed E-state index contributed by atoms with van der Waals surface area (Å²) in [4.78, 5) is 0. The molecule has 3 heteroatoms. The van der Waals surface area contributed by atoms with Crippen molar-refractivity contribution < 1.29 is 9.47 Å². The van der Waals surface area contributed by atoms with Crippen LogP contribution in [0.4, 0.5) is 0 Å². The molecule has 1 fully saturated rings. The summed E-state index contributed by atoms with van der Waals surface area (Å²) in [5, 5.41) is 3.65. The quantitative estimate of drug-likeness (QED) is 0.783. The molecule has 1 unspecified atom stereocenters. The molecule has 0 spiro atoms. The normalized spacial score (nSPS) is 17.1. The third kappa shape index (κ3) is 4.72. The SMILES string of the molecule is COCc1cc(C(C)NCCC2CCCC2)ccc1OC. The molecule has 0 amide bonds. The van der Waals surface area contributed by atoms with Crippen LogP contribution in [0, 0.1) is 5.92 Å². The Hall–Kier alpha value is -1.06. The van der Waals surface area contributed by atoms with Gasteiger partial charge in [0.05, 0.1) is 13.7 Å². The molecule has 1 N–H and O–H groups in total. The molecule has 0 heterocycles. The van der Waals surface area contributed by atoms with Crippen molar-refractivity contribution in [3.8, 4) is 5.75 Å². The maximum Gasteiger partial charge on any atom is 0.124 e. The second-order valence-corrected chi connectivity index (χ2v) is 6.12. The lowest BCUT2D eigenvalue weighted by molar-refractivity contribution is 0.181. The Bertz CT molecular complexity index is 427. The van der Waals surface area contributed by atoms with Gasteiger partial charge in [0, 0.05) is 18.7 Å². The van der Waals surface area contributed by atoms with Gasteiger partial charge in [0.1, 0.15) is 5.75 Å². The number of hydrogen-bond acceptors (Lipinski definition) is 3. The first kappa shape index (κ1) is 16.3. The first-order valence-corrected chi connectivity index (χ1v) is 8.13. The highest BCUT2D eigenvalue weighted by Crippen LogP contribution is 2.28. The molecule has 3 nitrogen and oxygen atoms in total. The van der Waals surface area contributed by atoms with Crippen LogP contribution < -0.4 is 10.1 Å². The van der Waals surface area contributed by atoms with Crippen LogP contribution in [0.5, 0.6) is 5.75 Å². The Morgan fingerprint density at radius 1 is 1.24 bits per heavy atom. The van der Waals surface area contributed by atoms with Crippen molar-refractivity contribution in [3.63, 3.8) is 0 Å².